The van der Waals surface area contributed by atoms with Gasteiger partial charge in [0.1, 0.15) is 15.7 Å². The zero-order chi connectivity index (χ0) is 18.0. The molecule has 0 saturated carbocycles. The van der Waals surface area contributed by atoms with Crippen LogP contribution in [0.1, 0.15) is 21.8 Å². The fraction of sp³-hybridized carbons (Fsp3) is 0.222. The lowest BCUT2D eigenvalue weighted by Crippen LogP contribution is -2.14. The Bertz CT molecular complexity index is 1000. The minimum atomic E-state index is -0.130. The summed E-state index contributed by atoms with van der Waals surface area (Å²) in [6.07, 6.45) is 0. The number of aryl methyl sites for hydroxylation is 3. The monoisotopic (exact) mass is 368 g/mol. The highest BCUT2D eigenvalue weighted by Crippen LogP contribution is 2.35. The van der Waals surface area contributed by atoms with Gasteiger partial charge in [0, 0.05) is 16.0 Å². The van der Waals surface area contributed by atoms with Gasteiger partial charge in [0.25, 0.3) is 0 Å². The maximum absolute atomic E-state index is 12.2. The van der Waals surface area contributed by atoms with Crippen molar-refractivity contribution in [3.05, 3.63) is 46.1 Å². The van der Waals surface area contributed by atoms with Crippen LogP contribution in [-0.2, 0) is 4.79 Å². The smallest absolute Gasteiger partial charge is 0.234 e. The van der Waals surface area contributed by atoms with Gasteiger partial charge in [-0.25, -0.2) is 9.97 Å². The average Bonchev–Trinajstić information content (AvgIpc) is 2.87. The number of fused-ring (bicyclic) bond motifs is 1. The molecular formula is C18H16N4OS2. The van der Waals surface area contributed by atoms with Gasteiger partial charge in [0.05, 0.1) is 17.4 Å². The van der Waals surface area contributed by atoms with Crippen LogP contribution >= 0.6 is 23.1 Å². The van der Waals surface area contributed by atoms with E-state index in [-0.39, 0.29) is 11.7 Å². The number of nitrogens with one attached hydrogen (secondary N) is 1. The molecule has 2 heterocycles. The Kier molecular flexibility index (Phi) is 5.02. The third-order valence-electron chi connectivity index (χ3n) is 3.72. The molecular weight excluding hydrogens is 352 g/mol. The molecule has 2 aromatic heterocycles. The van der Waals surface area contributed by atoms with Crippen molar-refractivity contribution in [2.45, 2.75) is 25.8 Å². The van der Waals surface area contributed by atoms with Crippen LogP contribution in [0.2, 0.25) is 0 Å². The molecule has 0 spiro atoms. The van der Waals surface area contributed by atoms with E-state index in [0.717, 1.165) is 15.2 Å². The first-order valence-electron chi connectivity index (χ1n) is 7.65. The van der Waals surface area contributed by atoms with Gasteiger partial charge in [-0.1, -0.05) is 17.8 Å². The van der Waals surface area contributed by atoms with E-state index in [0.29, 0.717) is 17.1 Å². The highest BCUT2D eigenvalue weighted by atomic mass is 32.2. The highest BCUT2D eigenvalue weighted by Gasteiger charge is 2.15. The van der Waals surface area contributed by atoms with E-state index in [2.05, 4.69) is 35.2 Å². The van der Waals surface area contributed by atoms with Crippen molar-refractivity contribution in [3.8, 4) is 6.07 Å². The minimum Gasteiger partial charge on any atom is -0.325 e. The molecule has 25 heavy (non-hydrogen) atoms. The highest BCUT2D eigenvalue weighted by molar-refractivity contribution is 8.00. The Morgan fingerprint density at radius 2 is 2.12 bits per heavy atom. The van der Waals surface area contributed by atoms with E-state index in [1.165, 1.54) is 22.2 Å². The quantitative estimate of drug-likeness (QED) is 0.551. The van der Waals surface area contributed by atoms with Crippen LogP contribution < -0.4 is 5.32 Å². The normalized spacial score (nSPS) is 10.6. The first-order valence-corrected chi connectivity index (χ1v) is 9.45. The topological polar surface area (TPSA) is 78.7 Å². The van der Waals surface area contributed by atoms with Crippen LogP contribution in [0.4, 0.5) is 5.69 Å². The Morgan fingerprint density at radius 3 is 2.88 bits per heavy atom. The first kappa shape index (κ1) is 17.4. The third kappa shape index (κ3) is 3.81. The number of thioether (sulfide) groups is 1. The molecule has 7 heteroatoms. The molecule has 3 aromatic rings. The van der Waals surface area contributed by atoms with Crippen LogP contribution in [0.3, 0.4) is 0 Å². The Balaban J connectivity index is 1.76. The molecule has 0 aliphatic heterocycles. The van der Waals surface area contributed by atoms with E-state index in [4.69, 9.17) is 5.26 Å². The van der Waals surface area contributed by atoms with Crippen molar-refractivity contribution in [1.82, 2.24) is 9.97 Å². The Morgan fingerprint density at radius 1 is 1.32 bits per heavy atom. The summed E-state index contributed by atoms with van der Waals surface area (Å²) in [4.78, 5) is 23.4. The number of carbonyl (C=O) groups is 1. The van der Waals surface area contributed by atoms with Crippen LogP contribution in [0, 0.1) is 32.1 Å². The van der Waals surface area contributed by atoms with Crippen LogP contribution in [0.15, 0.2) is 29.3 Å². The number of anilines is 1. The molecule has 1 amide bonds. The second-order valence-corrected chi connectivity index (χ2v) is 7.74. The van der Waals surface area contributed by atoms with Gasteiger partial charge in [0.15, 0.2) is 0 Å². The summed E-state index contributed by atoms with van der Waals surface area (Å²) in [6.45, 7) is 5.99. The largest absolute Gasteiger partial charge is 0.325 e. The van der Waals surface area contributed by atoms with Gasteiger partial charge in [-0.3, -0.25) is 4.79 Å². The van der Waals surface area contributed by atoms with Crippen molar-refractivity contribution < 1.29 is 4.79 Å². The Labute approximate surface area is 154 Å². The zero-order valence-corrected chi connectivity index (χ0v) is 15.7. The van der Waals surface area contributed by atoms with Crippen LogP contribution in [-0.4, -0.2) is 21.6 Å². The predicted molar refractivity (Wildman–Crippen MR) is 102 cm³/mol. The summed E-state index contributed by atoms with van der Waals surface area (Å²) in [6, 6.07) is 8.93. The number of aromatic nitrogens is 2. The molecule has 0 fully saturated rings. The SMILES string of the molecule is Cc1nc(SCC(=O)Nc2cccc(C#N)c2)c2c(C)c(C)sc2n1. The number of nitriles is 1. The van der Waals surface area contributed by atoms with Crippen molar-refractivity contribution >= 4 is 44.9 Å². The second kappa shape index (κ2) is 7.21. The number of carbonyl (C=O) groups excluding carboxylic acids is 1. The molecule has 1 aromatic carbocycles. The molecule has 0 unspecified atom stereocenters. The molecule has 5 nitrogen and oxygen atoms in total. The molecule has 0 aliphatic rings. The van der Waals surface area contributed by atoms with Crippen LogP contribution in [0.25, 0.3) is 10.2 Å². The van der Waals surface area contributed by atoms with Crippen molar-refractivity contribution in [1.29, 1.82) is 5.26 Å². The van der Waals surface area contributed by atoms with Gasteiger partial charge in [0.2, 0.25) is 5.91 Å². The summed E-state index contributed by atoms with van der Waals surface area (Å²) < 4.78 is 0. The van der Waals surface area contributed by atoms with E-state index in [9.17, 15) is 4.79 Å². The van der Waals surface area contributed by atoms with Gasteiger partial charge in [-0.2, -0.15) is 5.26 Å². The van der Waals surface area contributed by atoms with E-state index in [1.807, 2.05) is 6.92 Å². The number of amides is 1. The van der Waals surface area contributed by atoms with E-state index >= 15 is 0 Å². The average molecular weight is 368 g/mol. The molecule has 0 radical (unpaired) electrons. The van der Waals surface area contributed by atoms with Crippen molar-refractivity contribution in [3.63, 3.8) is 0 Å². The van der Waals surface area contributed by atoms with Gasteiger partial charge in [-0.15, -0.1) is 11.3 Å². The second-order valence-electron chi connectivity index (χ2n) is 5.57. The maximum atomic E-state index is 12.2. The summed E-state index contributed by atoms with van der Waals surface area (Å²) in [5.41, 5.74) is 2.31. The minimum absolute atomic E-state index is 0.130. The van der Waals surface area contributed by atoms with Gasteiger partial charge >= 0.3 is 0 Å². The summed E-state index contributed by atoms with van der Waals surface area (Å²) >= 11 is 3.06. The standard InChI is InChI=1S/C18H16N4OS2/c1-10-11(2)25-18-16(10)17(20-12(3)21-18)24-9-15(23)22-14-6-4-5-13(7-14)8-19/h4-7H,9H2,1-3H3,(H,22,23). The molecule has 1 N–H and O–H groups in total. The fourth-order valence-electron chi connectivity index (χ4n) is 2.42. The number of thiophene rings is 1. The number of nitrogens with zero attached hydrogens (tertiary/aromatic N) is 3. The molecule has 0 saturated heterocycles. The summed E-state index contributed by atoms with van der Waals surface area (Å²) in [5, 5.41) is 13.6. The lowest BCUT2D eigenvalue weighted by molar-refractivity contribution is -0.113. The predicted octanol–water partition coefficient (Wildman–Crippen LogP) is 4.22. The number of rotatable bonds is 4. The van der Waals surface area contributed by atoms with Gasteiger partial charge < -0.3 is 5.32 Å². The van der Waals surface area contributed by atoms with E-state index in [1.54, 1.807) is 35.6 Å². The number of hydrogen-bond acceptors (Lipinski definition) is 6. The molecule has 3 rings (SSSR count). The fourth-order valence-corrected chi connectivity index (χ4v) is 4.49. The lowest BCUT2D eigenvalue weighted by Gasteiger charge is -2.07. The summed E-state index contributed by atoms with van der Waals surface area (Å²) in [5.74, 6) is 0.823. The lowest BCUT2D eigenvalue weighted by atomic mass is 10.2. The zero-order valence-electron chi connectivity index (χ0n) is 14.1. The molecule has 0 bridgehead atoms. The first-order chi connectivity index (χ1) is 12.0. The third-order valence-corrected chi connectivity index (χ3v) is 5.80. The number of hydrogen-bond donors (Lipinski definition) is 1. The maximum Gasteiger partial charge on any atom is 0.234 e. The molecule has 0 aliphatic carbocycles. The van der Waals surface area contributed by atoms with E-state index < -0.39 is 0 Å². The number of benzene rings is 1. The summed E-state index contributed by atoms with van der Waals surface area (Å²) in [7, 11) is 0. The molecule has 0 atom stereocenters. The van der Waals surface area contributed by atoms with Crippen LogP contribution in [0.5, 0.6) is 0 Å². The Hall–Kier alpha value is -2.43. The van der Waals surface area contributed by atoms with Crippen molar-refractivity contribution in [2.75, 3.05) is 11.1 Å². The molecule has 126 valence electrons. The van der Waals surface area contributed by atoms with Gasteiger partial charge in [-0.05, 0) is 44.5 Å². The van der Waals surface area contributed by atoms with Crippen molar-refractivity contribution in [2.24, 2.45) is 0 Å².